The zero-order chi connectivity index (χ0) is 10.3. The summed E-state index contributed by atoms with van der Waals surface area (Å²) in [5.41, 5.74) is 3.21. The number of carbonyl (C=O) groups is 2. The summed E-state index contributed by atoms with van der Waals surface area (Å²) in [5, 5.41) is 8.90. The van der Waals surface area contributed by atoms with Crippen molar-refractivity contribution in [1.82, 2.24) is 0 Å². The third-order valence-electron chi connectivity index (χ3n) is 2.87. The van der Waals surface area contributed by atoms with Gasteiger partial charge in [-0.15, -0.1) is 0 Å². The lowest BCUT2D eigenvalue weighted by Crippen LogP contribution is -2.43. The van der Waals surface area contributed by atoms with E-state index in [0.717, 1.165) is 0 Å². The number of carbonyl (C=O) groups excluding carboxylic acids is 1. The van der Waals surface area contributed by atoms with E-state index in [0.29, 0.717) is 6.42 Å². The van der Waals surface area contributed by atoms with E-state index in [-0.39, 0.29) is 6.42 Å². The molecule has 0 unspecified atom stereocenters. The van der Waals surface area contributed by atoms with Crippen molar-refractivity contribution in [2.75, 3.05) is 7.11 Å². The van der Waals surface area contributed by atoms with Crippen LogP contribution in [0.25, 0.3) is 0 Å². The van der Waals surface area contributed by atoms with Crippen molar-refractivity contribution in [2.24, 2.45) is 11.1 Å². The molecule has 1 fully saturated rings. The minimum Gasteiger partial charge on any atom is -0.481 e. The number of aliphatic carboxylic acids is 1. The van der Waals surface area contributed by atoms with Gasteiger partial charge in [0.25, 0.3) is 0 Å². The van der Waals surface area contributed by atoms with Gasteiger partial charge in [-0.05, 0) is 12.8 Å². The van der Waals surface area contributed by atoms with E-state index in [1.54, 1.807) is 6.92 Å². The highest BCUT2D eigenvalue weighted by Crippen LogP contribution is 2.57. The fraction of sp³-hybridized carbons (Fsp3) is 0.750. The summed E-state index contributed by atoms with van der Waals surface area (Å²) < 4.78 is 4.46. The molecule has 0 aromatic heterocycles. The lowest BCUT2D eigenvalue weighted by Gasteiger charge is -2.14. The van der Waals surface area contributed by atoms with Crippen molar-refractivity contribution >= 4 is 11.9 Å². The first-order chi connectivity index (χ1) is 5.94. The molecular formula is C8H13NO4. The van der Waals surface area contributed by atoms with Gasteiger partial charge in [0.2, 0.25) is 0 Å². The van der Waals surface area contributed by atoms with Crippen LogP contribution in [0.2, 0.25) is 0 Å². The maximum absolute atomic E-state index is 11.2. The highest BCUT2D eigenvalue weighted by molar-refractivity contribution is 5.97. The average molecular weight is 187 g/mol. The molecule has 0 radical (unpaired) electrons. The topological polar surface area (TPSA) is 89.6 Å². The number of ether oxygens (including phenoxy) is 1. The third kappa shape index (κ3) is 1.03. The second-order valence-electron chi connectivity index (χ2n) is 3.38. The van der Waals surface area contributed by atoms with E-state index in [1.165, 1.54) is 7.11 Å². The van der Waals surface area contributed by atoms with Gasteiger partial charge in [-0.3, -0.25) is 9.59 Å². The molecule has 3 N–H and O–H groups in total. The maximum Gasteiger partial charge on any atom is 0.327 e. The Morgan fingerprint density at radius 3 is 2.38 bits per heavy atom. The Morgan fingerprint density at radius 1 is 1.62 bits per heavy atom. The summed E-state index contributed by atoms with van der Waals surface area (Å²) in [6.07, 6.45) is 0.506. The van der Waals surface area contributed by atoms with E-state index in [2.05, 4.69) is 4.74 Å². The van der Waals surface area contributed by atoms with Crippen LogP contribution in [0.15, 0.2) is 0 Å². The van der Waals surface area contributed by atoms with Gasteiger partial charge in [0.1, 0.15) is 5.54 Å². The number of carboxylic acid groups (broad SMARTS) is 1. The van der Waals surface area contributed by atoms with Crippen LogP contribution in [0.5, 0.6) is 0 Å². The molecule has 1 aliphatic carbocycles. The minimum atomic E-state index is -1.32. The molecule has 0 aliphatic heterocycles. The maximum atomic E-state index is 11.2. The summed E-state index contributed by atoms with van der Waals surface area (Å²) in [6.45, 7) is 1.70. The normalized spacial score (nSPS) is 36.8. The largest absolute Gasteiger partial charge is 0.481 e. The second kappa shape index (κ2) is 2.70. The highest BCUT2D eigenvalue weighted by atomic mass is 16.5. The van der Waals surface area contributed by atoms with Crippen molar-refractivity contribution in [1.29, 1.82) is 0 Å². The quantitative estimate of drug-likeness (QED) is 0.594. The Morgan fingerprint density at radius 2 is 2.15 bits per heavy atom. The Kier molecular flexibility index (Phi) is 2.07. The van der Waals surface area contributed by atoms with Crippen LogP contribution in [0.4, 0.5) is 0 Å². The lowest BCUT2D eigenvalue weighted by atomic mass is 9.97. The van der Waals surface area contributed by atoms with Gasteiger partial charge in [0.15, 0.2) is 0 Å². The molecule has 0 heterocycles. The smallest absolute Gasteiger partial charge is 0.327 e. The number of carboxylic acids is 1. The summed E-state index contributed by atoms with van der Waals surface area (Å²) in [5.74, 6) is -1.67. The van der Waals surface area contributed by atoms with Gasteiger partial charge in [-0.2, -0.15) is 0 Å². The minimum absolute atomic E-state index is 0.165. The molecule has 0 amide bonds. The molecular weight excluding hydrogens is 174 g/mol. The van der Waals surface area contributed by atoms with Crippen molar-refractivity contribution in [3.63, 3.8) is 0 Å². The van der Waals surface area contributed by atoms with Crippen LogP contribution in [0.3, 0.4) is 0 Å². The monoisotopic (exact) mass is 187 g/mol. The molecule has 0 bridgehead atoms. The molecule has 0 spiro atoms. The molecule has 0 saturated heterocycles. The zero-order valence-corrected chi connectivity index (χ0v) is 7.66. The standard InChI is InChI=1S/C8H13NO4/c1-3-7(5(10)11)4-8(7,9)6(12)13-2/h3-4,9H2,1-2H3,(H,10,11)/t7-,8-/m1/s1. The summed E-state index contributed by atoms with van der Waals surface area (Å²) in [7, 11) is 1.21. The first-order valence-corrected chi connectivity index (χ1v) is 4.05. The zero-order valence-electron chi connectivity index (χ0n) is 7.66. The van der Waals surface area contributed by atoms with E-state index >= 15 is 0 Å². The van der Waals surface area contributed by atoms with Crippen LogP contribution < -0.4 is 5.73 Å². The Hall–Kier alpha value is -1.10. The van der Waals surface area contributed by atoms with Crippen LogP contribution in [0, 0.1) is 5.41 Å². The number of hydrogen-bond acceptors (Lipinski definition) is 4. The Bertz CT molecular complexity index is 265. The predicted molar refractivity (Wildman–Crippen MR) is 43.9 cm³/mol. The molecule has 5 heteroatoms. The van der Waals surface area contributed by atoms with Crippen molar-refractivity contribution in [2.45, 2.75) is 25.3 Å². The first-order valence-electron chi connectivity index (χ1n) is 4.05. The van der Waals surface area contributed by atoms with Gasteiger partial charge in [-0.1, -0.05) is 6.92 Å². The number of esters is 1. The molecule has 74 valence electrons. The van der Waals surface area contributed by atoms with E-state index in [1.807, 2.05) is 0 Å². The molecule has 13 heavy (non-hydrogen) atoms. The van der Waals surface area contributed by atoms with Crippen LogP contribution >= 0.6 is 0 Å². The molecule has 1 saturated carbocycles. The van der Waals surface area contributed by atoms with Gasteiger partial charge in [0.05, 0.1) is 12.5 Å². The molecule has 0 aromatic rings. The fourth-order valence-corrected chi connectivity index (χ4v) is 1.74. The van der Waals surface area contributed by atoms with Crippen LogP contribution in [-0.4, -0.2) is 29.7 Å². The number of rotatable bonds is 3. The fourth-order valence-electron chi connectivity index (χ4n) is 1.74. The Labute approximate surface area is 75.9 Å². The molecule has 0 aromatic carbocycles. The Balaban J connectivity index is 2.90. The SMILES string of the molecule is CC[C@]1(C(=O)O)C[C@@]1(N)C(=O)OC. The summed E-state index contributed by atoms with van der Waals surface area (Å²) in [6, 6.07) is 0. The summed E-state index contributed by atoms with van der Waals surface area (Å²) in [4.78, 5) is 22.0. The van der Waals surface area contributed by atoms with Crippen molar-refractivity contribution in [3.05, 3.63) is 0 Å². The molecule has 1 aliphatic rings. The second-order valence-corrected chi connectivity index (χ2v) is 3.38. The number of nitrogens with two attached hydrogens (primary N) is 1. The first kappa shape index (κ1) is 9.98. The average Bonchev–Trinajstić information content (AvgIpc) is 2.73. The van der Waals surface area contributed by atoms with Crippen LogP contribution in [-0.2, 0) is 14.3 Å². The molecule has 5 nitrogen and oxygen atoms in total. The van der Waals surface area contributed by atoms with Gasteiger partial charge in [-0.25, -0.2) is 0 Å². The summed E-state index contributed by atoms with van der Waals surface area (Å²) >= 11 is 0. The highest BCUT2D eigenvalue weighted by Gasteiger charge is 2.74. The molecule has 2 atom stereocenters. The van der Waals surface area contributed by atoms with Gasteiger partial charge >= 0.3 is 11.9 Å². The van der Waals surface area contributed by atoms with Gasteiger partial charge < -0.3 is 15.6 Å². The van der Waals surface area contributed by atoms with E-state index in [4.69, 9.17) is 10.8 Å². The third-order valence-corrected chi connectivity index (χ3v) is 2.87. The van der Waals surface area contributed by atoms with E-state index < -0.39 is 22.9 Å². The van der Waals surface area contributed by atoms with E-state index in [9.17, 15) is 9.59 Å². The molecule has 1 rings (SSSR count). The lowest BCUT2D eigenvalue weighted by molar-refractivity contribution is -0.151. The number of hydrogen-bond donors (Lipinski definition) is 2. The van der Waals surface area contributed by atoms with Crippen molar-refractivity contribution in [3.8, 4) is 0 Å². The number of methoxy groups -OCH3 is 1. The van der Waals surface area contributed by atoms with Gasteiger partial charge in [0, 0.05) is 0 Å². The van der Waals surface area contributed by atoms with Crippen LogP contribution in [0.1, 0.15) is 19.8 Å². The van der Waals surface area contributed by atoms with Crippen molar-refractivity contribution < 1.29 is 19.4 Å². The predicted octanol–water partition coefficient (Wildman–Crippen LogP) is -0.258.